The molecule has 0 heterocycles. The highest BCUT2D eigenvalue weighted by Crippen LogP contribution is 1.94. The van der Waals surface area contributed by atoms with Crippen molar-refractivity contribution in [1.82, 2.24) is 0 Å². The average Bonchev–Trinajstić information content (AvgIpc) is 1.99. The molecule has 0 aromatic heterocycles. The second-order valence-electron chi connectivity index (χ2n) is 1.92. The van der Waals surface area contributed by atoms with Gasteiger partial charge in [-0.2, -0.15) is 10.5 Å². The van der Waals surface area contributed by atoms with Gasteiger partial charge in [0.05, 0.1) is 12.1 Å². The molecule has 0 aromatic carbocycles. The number of rotatable bonds is 1. The summed E-state index contributed by atoms with van der Waals surface area (Å²) in [4.78, 5) is 0. The van der Waals surface area contributed by atoms with Crippen molar-refractivity contribution in [1.29, 1.82) is 10.5 Å². The van der Waals surface area contributed by atoms with Crippen LogP contribution < -0.4 is 0 Å². The highest BCUT2D eigenvalue weighted by molar-refractivity contribution is 5.29. The fraction of sp³-hybridized carbons (Fsp3) is 0.250. The van der Waals surface area contributed by atoms with Crippen molar-refractivity contribution < 1.29 is 0 Å². The number of hydrogen-bond donors (Lipinski definition) is 0. The molecule has 0 N–H and O–H groups in total. The molecule has 0 radical (unpaired) electrons. The maximum Gasteiger partial charge on any atom is 0.0944 e. The highest BCUT2D eigenvalue weighted by Gasteiger charge is 1.81. The van der Waals surface area contributed by atoms with Crippen molar-refractivity contribution in [2.45, 2.75) is 13.8 Å². The minimum Gasteiger partial charge on any atom is -0.193 e. The molecule has 0 spiro atoms. The minimum atomic E-state index is 0.606. The number of allylic oxidation sites excluding steroid dienone is 4. The lowest BCUT2D eigenvalue weighted by atomic mass is 10.2. The van der Waals surface area contributed by atoms with E-state index >= 15 is 0 Å². The normalized spacial score (nSPS) is 12.0. The van der Waals surface area contributed by atoms with Gasteiger partial charge in [0.1, 0.15) is 0 Å². The molecule has 0 unspecified atom stereocenters. The predicted molar refractivity (Wildman–Crippen MR) is 38.7 cm³/mol. The van der Waals surface area contributed by atoms with Crippen LogP contribution >= 0.6 is 0 Å². The zero-order chi connectivity index (χ0) is 7.98. The molecule has 0 fully saturated rings. The zero-order valence-electron chi connectivity index (χ0n) is 6.05. The highest BCUT2D eigenvalue weighted by atomic mass is 14.2. The van der Waals surface area contributed by atoms with E-state index in [-0.39, 0.29) is 0 Å². The number of hydrogen-bond acceptors (Lipinski definition) is 2. The van der Waals surface area contributed by atoms with E-state index in [2.05, 4.69) is 0 Å². The Hall–Kier alpha value is -1.54. The SMILES string of the molecule is C/C(C#N)=C\C=C(/C)C#N. The van der Waals surface area contributed by atoms with Gasteiger partial charge in [-0.1, -0.05) is 0 Å². The van der Waals surface area contributed by atoms with Crippen LogP contribution in [-0.4, -0.2) is 0 Å². The maximum atomic E-state index is 8.29. The molecular weight excluding hydrogens is 124 g/mol. The molecule has 2 nitrogen and oxygen atoms in total. The van der Waals surface area contributed by atoms with Gasteiger partial charge in [-0.3, -0.25) is 0 Å². The molecule has 0 atom stereocenters. The van der Waals surface area contributed by atoms with E-state index in [1.165, 1.54) is 0 Å². The lowest BCUT2D eigenvalue weighted by Gasteiger charge is -1.80. The van der Waals surface area contributed by atoms with Gasteiger partial charge in [0, 0.05) is 11.1 Å². The summed E-state index contributed by atoms with van der Waals surface area (Å²) < 4.78 is 0. The molecule has 0 bridgehead atoms. The van der Waals surface area contributed by atoms with Crippen molar-refractivity contribution in [2.24, 2.45) is 0 Å². The standard InChI is InChI=1S/C8H8N2/c1-7(5-9)3-4-8(2)6-10/h3-4H,1-2H3/b7-3+,8-4+. The van der Waals surface area contributed by atoms with Gasteiger partial charge < -0.3 is 0 Å². The van der Waals surface area contributed by atoms with E-state index in [0.29, 0.717) is 11.1 Å². The van der Waals surface area contributed by atoms with Gasteiger partial charge in [0.15, 0.2) is 0 Å². The first-order valence-corrected chi connectivity index (χ1v) is 2.86. The Kier molecular flexibility index (Phi) is 3.68. The number of nitrogens with zero attached hydrogens (tertiary/aromatic N) is 2. The van der Waals surface area contributed by atoms with Crippen LogP contribution in [0.5, 0.6) is 0 Å². The summed E-state index contributed by atoms with van der Waals surface area (Å²) in [6.07, 6.45) is 3.25. The Balaban J connectivity index is 4.25. The van der Waals surface area contributed by atoms with Gasteiger partial charge in [-0.15, -0.1) is 0 Å². The smallest absolute Gasteiger partial charge is 0.0944 e. The van der Waals surface area contributed by atoms with Crippen molar-refractivity contribution in [3.8, 4) is 12.1 Å². The van der Waals surface area contributed by atoms with Gasteiger partial charge >= 0.3 is 0 Å². The maximum absolute atomic E-state index is 8.29. The van der Waals surface area contributed by atoms with Gasteiger partial charge in [-0.05, 0) is 26.0 Å². The summed E-state index contributed by atoms with van der Waals surface area (Å²) in [7, 11) is 0. The largest absolute Gasteiger partial charge is 0.193 e. The van der Waals surface area contributed by atoms with Gasteiger partial charge in [0.25, 0.3) is 0 Å². The van der Waals surface area contributed by atoms with E-state index in [9.17, 15) is 0 Å². The predicted octanol–water partition coefficient (Wildman–Crippen LogP) is 1.93. The molecule has 0 saturated carbocycles. The lowest BCUT2D eigenvalue weighted by molar-refractivity contribution is 1.42. The first kappa shape index (κ1) is 8.46. The van der Waals surface area contributed by atoms with Crippen LogP contribution in [0, 0.1) is 22.7 Å². The van der Waals surface area contributed by atoms with Crippen LogP contribution in [0.1, 0.15) is 13.8 Å². The third kappa shape index (κ3) is 3.46. The molecule has 0 aromatic rings. The second kappa shape index (κ2) is 4.35. The molecule has 2 heteroatoms. The zero-order valence-corrected chi connectivity index (χ0v) is 6.05. The van der Waals surface area contributed by atoms with Gasteiger partial charge in [0.2, 0.25) is 0 Å². The average molecular weight is 132 g/mol. The molecular formula is C8H8N2. The van der Waals surface area contributed by atoms with E-state index in [1.807, 2.05) is 12.1 Å². The molecule has 0 amide bonds. The minimum absolute atomic E-state index is 0.606. The summed E-state index contributed by atoms with van der Waals surface area (Å²) in [5.74, 6) is 0. The molecule has 50 valence electrons. The third-order valence-electron chi connectivity index (χ3n) is 0.936. The monoisotopic (exact) mass is 132 g/mol. The Morgan fingerprint density at radius 2 is 1.30 bits per heavy atom. The summed E-state index contributed by atoms with van der Waals surface area (Å²) >= 11 is 0. The molecule has 10 heavy (non-hydrogen) atoms. The van der Waals surface area contributed by atoms with Crippen molar-refractivity contribution >= 4 is 0 Å². The summed E-state index contributed by atoms with van der Waals surface area (Å²) in [6.45, 7) is 3.39. The fourth-order valence-corrected chi connectivity index (χ4v) is 0.325. The summed E-state index contributed by atoms with van der Waals surface area (Å²) in [6, 6.07) is 3.90. The number of nitriles is 2. The van der Waals surface area contributed by atoms with Crippen LogP contribution in [0.2, 0.25) is 0 Å². The fourth-order valence-electron chi connectivity index (χ4n) is 0.325. The Labute approximate surface area is 60.7 Å². The second-order valence-corrected chi connectivity index (χ2v) is 1.92. The quantitative estimate of drug-likeness (QED) is 0.404. The third-order valence-corrected chi connectivity index (χ3v) is 0.936. The van der Waals surface area contributed by atoms with E-state index in [0.717, 1.165) is 0 Å². The van der Waals surface area contributed by atoms with Crippen molar-refractivity contribution in [2.75, 3.05) is 0 Å². The van der Waals surface area contributed by atoms with E-state index < -0.39 is 0 Å². The van der Waals surface area contributed by atoms with Crippen LogP contribution in [0.3, 0.4) is 0 Å². The van der Waals surface area contributed by atoms with Crippen LogP contribution in [0.15, 0.2) is 23.3 Å². The van der Waals surface area contributed by atoms with E-state index in [1.54, 1.807) is 26.0 Å². The Morgan fingerprint density at radius 3 is 1.50 bits per heavy atom. The molecule has 0 saturated heterocycles. The lowest BCUT2D eigenvalue weighted by Crippen LogP contribution is -1.67. The Bertz CT molecular complexity index is 217. The topological polar surface area (TPSA) is 47.6 Å². The molecule has 0 aliphatic heterocycles. The summed E-state index contributed by atoms with van der Waals surface area (Å²) in [5, 5.41) is 16.6. The first-order chi connectivity index (χ1) is 4.70. The van der Waals surface area contributed by atoms with E-state index in [4.69, 9.17) is 10.5 Å². The van der Waals surface area contributed by atoms with Crippen LogP contribution in [0.4, 0.5) is 0 Å². The van der Waals surface area contributed by atoms with Crippen molar-refractivity contribution in [3.05, 3.63) is 23.3 Å². The Morgan fingerprint density at radius 1 is 1.00 bits per heavy atom. The molecule has 0 aliphatic carbocycles. The van der Waals surface area contributed by atoms with Gasteiger partial charge in [-0.25, -0.2) is 0 Å². The summed E-state index contributed by atoms with van der Waals surface area (Å²) in [5.41, 5.74) is 1.21. The van der Waals surface area contributed by atoms with Crippen molar-refractivity contribution in [3.63, 3.8) is 0 Å². The van der Waals surface area contributed by atoms with Crippen LogP contribution in [-0.2, 0) is 0 Å². The van der Waals surface area contributed by atoms with Crippen LogP contribution in [0.25, 0.3) is 0 Å². The first-order valence-electron chi connectivity index (χ1n) is 2.86. The molecule has 0 aliphatic rings. The molecule has 0 rings (SSSR count).